The first kappa shape index (κ1) is 17.6. The summed E-state index contributed by atoms with van der Waals surface area (Å²) in [6.45, 7) is 4.20. The second-order valence-electron chi connectivity index (χ2n) is 5.38. The molecule has 0 aliphatic heterocycles. The minimum Gasteiger partial charge on any atom is -0.350 e. The fourth-order valence-electron chi connectivity index (χ4n) is 1.87. The fourth-order valence-corrected chi connectivity index (χ4v) is 2.66. The Hall–Kier alpha value is -2.79. The minimum absolute atomic E-state index is 0.219. The van der Waals surface area contributed by atoms with Gasteiger partial charge in [-0.2, -0.15) is 5.26 Å². The summed E-state index contributed by atoms with van der Waals surface area (Å²) in [7, 11) is 0. The molecule has 2 rings (SSSR count). The van der Waals surface area contributed by atoms with Gasteiger partial charge in [-0.3, -0.25) is 10.9 Å². The van der Waals surface area contributed by atoms with Gasteiger partial charge in [-0.05, 0) is 5.92 Å². The van der Waals surface area contributed by atoms with Gasteiger partial charge in [0.1, 0.15) is 11.6 Å². The normalized spacial score (nSPS) is 10.2. The number of rotatable bonds is 6. The second-order valence-corrected chi connectivity index (χ2v) is 6.36. The quantitative estimate of drug-likeness (QED) is 0.422. The van der Waals surface area contributed by atoms with Crippen molar-refractivity contribution in [3.8, 4) is 17.3 Å². The summed E-state index contributed by atoms with van der Waals surface area (Å²) < 4.78 is 0. The zero-order valence-electron chi connectivity index (χ0n) is 13.4. The van der Waals surface area contributed by atoms with E-state index in [0.29, 0.717) is 16.8 Å². The van der Waals surface area contributed by atoms with Crippen LogP contribution in [-0.2, 0) is 0 Å². The topological polar surface area (TPSA) is 117 Å². The number of aromatic nitrogens is 2. The number of amides is 2. The van der Waals surface area contributed by atoms with Crippen molar-refractivity contribution in [1.82, 2.24) is 15.4 Å². The number of anilines is 1. The van der Waals surface area contributed by atoms with Crippen LogP contribution >= 0.6 is 11.8 Å². The number of nitrogens with one attached hydrogen (secondary N) is 2. The van der Waals surface area contributed by atoms with Gasteiger partial charge in [-0.15, -0.1) is 0 Å². The van der Waals surface area contributed by atoms with Gasteiger partial charge in [-0.25, -0.2) is 14.8 Å². The highest BCUT2D eigenvalue weighted by Gasteiger charge is 2.16. The molecule has 8 heteroatoms. The molecule has 0 fully saturated rings. The van der Waals surface area contributed by atoms with Crippen molar-refractivity contribution in [2.75, 3.05) is 11.2 Å². The van der Waals surface area contributed by atoms with Gasteiger partial charge in [0.15, 0.2) is 11.0 Å². The molecule has 1 aromatic heterocycles. The molecule has 0 aliphatic carbocycles. The summed E-state index contributed by atoms with van der Waals surface area (Å²) in [5.74, 6) is 1.52. The Labute approximate surface area is 144 Å². The number of carbonyl (C=O) groups is 1. The summed E-state index contributed by atoms with van der Waals surface area (Å²) in [6.07, 6.45) is 0. The zero-order chi connectivity index (χ0) is 17.5. The number of nitriles is 1. The van der Waals surface area contributed by atoms with Gasteiger partial charge < -0.3 is 5.73 Å². The van der Waals surface area contributed by atoms with Crippen molar-refractivity contribution in [3.05, 3.63) is 35.9 Å². The van der Waals surface area contributed by atoms with Gasteiger partial charge in [0.2, 0.25) is 0 Å². The average Bonchev–Trinajstić information content (AvgIpc) is 2.58. The van der Waals surface area contributed by atoms with Crippen molar-refractivity contribution in [2.45, 2.75) is 19.0 Å². The number of thioether (sulfide) groups is 1. The van der Waals surface area contributed by atoms with Crippen molar-refractivity contribution in [2.24, 2.45) is 11.7 Å². The van der Waals surface area contributed by atoms with Crippen LogP contribution in [0.4, 0.5) is 10.6 Å². The molecule has 0 saturated heterocycles. The second kappa shape index (κ2) is 8.17. The lowest BCUT2D eigenvalue weighted by molar-refractivity contribution is 0.250. The summed E-state index contributed by atoms with van der Waals surface area (Å²) in [4.78, 5) is 19.8. The molecule has 2 amide bonds. The van der Waals surface area contributed by atoms with E-state index in [1.807, 2.05) is 30.3 Å². The van der Waals surface area contributed by atoms with Crippen molar-refractivity contribution >= 4 is 23.6 Å². The van der Waals surface area contributed by atoms with E-state index in [0.717, 1.165) is 11.3 Å². The first-order valence-corrected chi connectivity index (χ1v) is 8.31. The lowest BCUT2D eigenvalue weighted by atomic mass is 10.1. The first-order valence-electron chi connectivity index (χ1n) is 7.33. The summed E-state index contributed by atoms with van der Waals surface area (Å²) in [6, 6.07) is 10.7. The van der Waals surface area contributed by atoms with Gasteiger partial charge >= 0.3 is 6.03 Å². The fraction of sp³-hybridized carbons (Fsp3) is 0.250. The van der Waals surface area contributed by atoms with Crippen LogP contribution in [0.5, 0.6) is 0 Å². The number of hydrogen-bond donors (Lipinski definition) is 3. The third-order valence-electron chi connectivity index (χ3n) is 2.90. The third-order valence-corrected chi connectivity index (χ3v) is 4.17. The number of nitrogens with zero attached hydrogens (tertiary/aromatic N) is 3. The maximum Gasteiger partial charge on any atom is 0.330 e. The standard InChI is InChI=1S/C16H18N6OS/c1-10(2)9-24-16-19-13(11-6-4-3-5-7-11)12(8-17)14(20-16)21-22-15(18)23/h3-7,10H,9H2,1-2H3,(H3,18,22,23)(H,19,20,21). The van der Waals surface area contributed by atoms with E-state index >= 15 is 0 Å². The highest BCUT2D eigenvalue weighted by molar-refractivity contribution is 7.99. The van der Waals surface area contributed by atoms with E-state index in [1.54, 1.807) is 0 Å². The van der Waals surface area contributed by atoms with E-state index in [9.17, 15) is 10.1 Å². The maximum atomic E-state index is 10.9. The summed E-state index contributed by atoms with van der Waals surface area (Å²) >= 11 is 1.49. The average molecular weight is 342 g/mol. The Bertz CT molecular complexity index is 757. The number of benzene rings is 1. The third kappa shape index (κ3) is 4.60. The van der Waals surface area contributed by atoms with Crippen LogP contribution < -0.4 is 16.6 Å². The Morgan fingerprint density at radius 3 is 2.62 bits per heavy atom. The molecule has 124 valence electrons. The van der Waals surface area contributed by atoms with Crippen LogP contribution in [0, 0.1) is 17.2 Å². The predicted octanol–water partition coefficient (Wildman–Crippen LogP) is 2.76. The molecule has 2 aromatic rings. The molecule has 0 unspecified atom stereocenters. The number of urea groups is 1. The van der Waals surface area contributed by atoms with Gasteiger partial charge in [0, 0.05) is 11.3 Å². The van der Waals surface area contributed by atoms with Crippen LogP contribution in [0.2, 0.25) is 0 Å². The van der Waals surface area contributed by atoms with Gasteiger partial charge in [0.25, 0.3) is 0 Å². The molecule has 7 nitrogen and oxygen atoms in total. The van der Waals surface area contributed by atoms with Crippen LogP contribution in [0.3, 0.4) is 0 Å². The summed E-state index contributed by atoms with van der Waals surface area (Å²) in [5.41, 5.74) is 11.5. The van der Waals surface area contributed by atoms with Crippen LogP contribution in [-0.4, -0.2) is 21.8 Å². The molecular formula is C16H18N6OS. The maximum absolute atomic E-state index is 10.9. The molecule has 0 spiro atoms. The van der Waals surface area contributed by atoms with Crippen LogP contribution in [0.25, 0.3) is 11.3 Å². The highest BCUT2D eigenvalue weighted by Crippen LogP contribution is 2.29. The molecule has 0 saturated carbocycles. The number of primary amides is 1. The minimum atomic E-state index is -0.768. The lowest BCUT2D eigenvalue weighted by Crippen LogP contribution is -2.35. The van der Waals surface area contributed by atoms with E-state index in [4.69, 9.17) is 5.73 Å². The zero-order valence-corrected chi connectivity index (χ0v) is 14.2. The molecule has 0 aliphatic rings. The van der Waals surface area contributed by atoms with Crippen molar-refractivity contribution in [3.63, 3.8) is 0 Å². The molecular weight excluding hydrogens is 324 g/mol. The summed E-state index contributed by atoms with van der Waals surface area (Å²) in [5, 5.41) is 10.0. The van der Waals surface area contributed by atoms with E-state index in [2.05, 4.69) is 40.7 Å². The Morgan fingerprint density at radius 2 is 2.04 bits per heavy atom. The first-order chi connectivity index (χ1) is 11.5. The van der Waals surface area contributed by atoms with E-state index in [-0.39, 0.29) is 11.4 Å². The number of hydrogen-bond acceptors (Lipinski definition) is 6. The van der Waals surface area contributed by atoms with Gasteiger partial charge in [0.05, 0.1) is 5.69 Å². The Kier molecular flexibility index (Phi) is 5.98. The molecule has 1 heterocycles. The molecule has 4 N–H and O–H groups in total. The largest absolute Gasteiger partial charge is 0.350 e. The number of carbonyl (C=O) groups excluding carboxylic acids is 1. The lowest BCUT2D eigenvalue weighted by Gasteiger charge is -2.13. The molecule has 0 bridgehead atoms. The van der Waals surface area contributed by atoms with Crippen LogP contribution in [0.1, 0.15) is 19.4 Å². The van der Waals surface area contributed by atoms with E-state index < -0.39 is 6.03 Å². The molecule has 1 aromatic carbocycles. The van der Waals surface area contributed by atoms with E-state index in [1.165, 1.54) is 11.8 Å². The molecule has 24 heavy (non-hydrogen) atoms. The monoisotopic (exact) mass is 342 g/mol. The Balaban J connectivity index is 2.49. The number of nitrogens with two attached hydrogens (primary N) is 1. The van der Waals surface area contributed by atoms with Crippen LogP contribution in [0.15, 0.2) is 35.5 Å². The Morgan fingerprint density at radius 1 is 1.33 bits per heavy atom. The van der Waals surface area contributed by atoms with Crippen molar-refractivity contribution < 1.29 is 4.79 Å². The smallest absolute Gasteiger partial charge is 0.330 e. The SMILES string of the molecule is CC(C)CSc1nc(NNC(N)=O)c(C#N)c(-c2ccccc2)n1. The van der Waals surface area contributed by atoms with Gasteiger partial charge in [-0.1, -0.05) is 55.9 Å². The molecule has 0 atom stereocenters. The number of hydrazine groups is 1. The molecule has 0 radical (unpaired) electrons. The highest BCUT2D eigenvalue weighted by atomic mass is 32.2. The van der Waals surface area contributed by atoms with Crippen molar-refractivity contribution in [1.29, 1.82) is 5.26 Å². The predicted molar refractivity (Wildman–Crippen MR) is 94.1 cm³/mol.